The summed E-state index contributed by atoms with van der Waals surface area (Å²) in [5.41, 5.74) is 3.49. The Morgan fingerprint density at radius 1 is 0.966 bits per heavy atom. The molecule has 148 valence electrons. The molecule has 5 nitrogen and oxygen atoms in total. The Hall–Kier alpha value is -3.31. The van der Waals surface area contributed by atoms with E-state index in [2.05, 4.69) is 10.6 Å². The predicted octanol–water partition coefficient (Wildman–Crippen LogP) is 5.44. The van der Waals surface area contributed by atoms with Gasteiger partial charge in [-0.05, 0) is 54.4 Å². The molecule has 0 bridgehead atoms. The lowest BCUT2D eigenvalue weighted by Crippen LogP contribution is -2.15. The maximum absolute atomic E-state index is 12.9. The molecule has 3 rings (SSSR count). The Bertz CT molecular complexity index is 1030. The monoisotopic (exact) mass is 408 g/mol. The first-order valence-electron chi connectivity index (χ1n) is 9.08. The average Bonchev–Trinajstić information content (AvgIpc) is 2.70. The molecule has 0 unspecified atom stereocenters. The molecule has 0 aromatic heterocycles. The van der Waals surface area contributed by atoms with Crippen LogP contribution in [0, 0.1) is 6.92 Å². The Balaban J connectivity index is 1.76. The van der Waals surface area contributed by atoms with E-state index in [1.807, 2.05) is 31.2 Å². The van der Waals surface area contributed by atoms with Crippen molar-refractivity contribution in [1.29, 1.82) is 0 Å². The lowest BCUT2D eigenvalue weighted by molar-refractivity contribution is -0.114. The highest BCUT2D eigenvalue weighted by Gasteiger charge is 2.14. The number of carbonyl (C=O) groups is 2. The van der Waals surface area contributed by atoms with E-state index in [1.165, 1.54) is 6.92 Å². The fourth-order valence-corrected chi connectivity index (χ4v) is 2.88. The largest absolute Gasteiger partial charge is 0.488 e. The number of aryl methyl sites for hydroxylation is 1. The topological polar surface area (TPSA) is 67.4 Å². The van der Waals surface area contributed by atoms with Gasteiger partial charge < -0.3 is 15.4 Å². The van der Waals surface area contributed by atoms with E-state index in [1.54, 1.807) is 42.5 Å². The smallest absolute Gasteiger partial charge is 0.259 e. The number of hydrogen-bond donors (Lipinski definition) is 2. The van der Waals surface area contributed by atoms with E-state index >= 15 is 0 Å². The van der Waals surface area contributed by atoms with Gasteiger partial charge in [-0.2, -0.15) is 0 Å². The normalized spacial score (nSPS) is 10.3. The van der Waals surface area contributed by atoms with E-state index in [0.29, 0.717) is 34.3 Å². The molecule has 2 amide bonds. The zero-order chi connectivity index (χ0) is 20.8. The van der Waals surface area contributed by atoms with Gasteiger partial charge in [-0.3, -0.25) is 9.59 Å². The number of para-hydroxylation sites is 1. The van der Waals surface area contributed by atoms with Crippen molar-refractivity contribution < 1.29 is 14.3 Å². The number of nitrogens with one attached hydrogen (secondary N) is 2. The number of anilines is 2. The molecule has 0 aliphatic rings. The maximum Gasteiger partial charge on any atom is 0.259 e. The van der Waals surface area contributed by atoms with Crippen LogP contribution >= 0.6 is 11.6 Å². The highest BCUT2D eigenvalue weighted by molar-refractivity contribution is 6.30. The van der Waals surface area contributed by atoms with Crippen molar-refractivity contribution >= 4 is 34.8 Å². The summed E-state index contributed by atoms with van der Waals surface area (Å²) < 4.78 is 5.87. The van der Waals surface area contributed by atoms with Gasteiger partial charge in [0.25, 0.3) is 5.91 Å². The van der Waals surface area contributed by atoms with Gasteiger partial charge in [-0.15, -0.1) is 0 Å². The fourth-order valence-electron chi connectivity index (χ4n) is 2.75. The Kier molecular flexibility index (Phi) is 6.52. The molecule has 0 heterocycles. The third-order valence-corrected chi connectivity index (χ3v) is 4.50. The fraction of sp³-hybridized carbons (Fsp3) is 0.130. The number of rotatable bonds is 6. The van der Waals surface area contributed by atoms with Gasteiger partial charge >= 0.3 is 0 Å². The molecule has 0 aliphatic carbocycles. The molecule has 29 heavy (non-hydrogen) atoms. The van der Waals surface area contributed by atoms with Gasteiger partial charge in [-0.25, -0.2) is 0 Å². The van der Waals surface area contributed by atoms with Crippen molar-refractivity contribution in [2.45, 2.75) is 20.5 Å². The summed E-state index contributed by atoms with van der Waals surface area (Å²) in [6, 6.07) is 19.8. The third-order valence-electron chi connectivity index (χ3n) is 4.25. The molecule has 0 saturated heterocycles. The van der Waals surface area contributed by atoms with E-state index in [4.69, 9.17) is 16.3 Å². The minimum atomic E-state index is -0.292. The first-order valence-corrected chi connectivity index (χ1v) is 9.46. The second-order valence-electron chi connectivity index (χ2n) is 6.58. The second-order valence-corrected chi connectivity index (χ2v) is 7.01. The minimum Gasteiger partial charge on any atom is -0.488 e. The van der Waals surface area contributed by atoms with Crippen LogP contribution in [0.2, 0.25) is 5.02 Å². The quantitative estimate of drug-likeness (QED) is 0.570. The molecule has 3 aromatic rings. The number of benzene rings is 3. The van der Waals surface area contributed by atoms with Crippen molar-refractivity contribution in [3.05, 3.63) is 88.4 Å². The molecule has 6 heteroatoms. The Morgan fingerprint density at radius 2 is 1.69 bits per heavy atom. The predicted molar refractivity (Wildman–Crippen MR) is 116 cm³/mol. The average molecular weight is 409 g/mol. The van der Waals surface area contributed by atoms with Crippen LogP contribution in [0.3, 0.4) is 0 Å². The van der Waals surface area contributed by atoms with Crippen LogP contribution in [0.25, 0.3) is 0 Å². The molecule has 0 spiro atoms. The molecule has 0 aliphatic heterocycles. The van der Waals surface area contributed by atoms with Crippen LogP contribution in [0.15, 0.2) is 66.7 Å². The number of amides is 2. The number of ether oxygens (including phenoxy) is 1. The van der Waals surface area contributed by atoms with E-state index in [9.17, 15) is 9.59 Å². The zero-order valence-electron chi connectivity index (χ0n) is 16.2. The summed E-state index contributed by atoms with van der Waals surface area (Å²) in [7, 11) is 0. The van der Waals surface area contributed by atoms with Crippen molar-refractivity contribution in [3.8, 4) is 5.75 Å². The van der Waals surface area contributed by atoms with Crippen LogP contribution in [0.4, 0.5) is 11.4 Å². The third kappa shape index (κ3) is 5.59. The second kappa shape index (κ2) is 9.26. The summed E-state index contributed by atoms with van der Waals surface area (Å²) in [5, 5.41) is 6.27. The molecule has 0 radical (unpaired) electrons. The highest BCUT2D eigenvalue weighted by Crippen LogP contribution is 2.24. The molecular formula is C23H21ClN2O3. The van der Waals surface area contributed by atoms with E-state index in [-0.39, 0.29) is 11.8 Å². The van der Waals surface area contributed by atoms with Gasteiger partial charge in [0.05, 0.1) is 5.56 Å². The van der Waals surface area contributed by atoms with Crippen molar-refractivity contribution in [2.75, 3.05) is 10.6 Å². The first-order chi connectivity index (χ1) is 13.9. The summed E-state index contributed by atoms with van der Waals surface area (Å²) in [6.07, 6.45) is 0. The van der Waals surface area contributed by atoms with Crippen LogP contribution in [0.1, 0.15) is 28.4 Å². The van der Waals surface area contributed by atoms with Crippen molar-refractivity contribution in [2.24, 2.45) is 0 Å². The van der Waals surface area contributed by atoms with Gasteiger partial charge in [0.1, 0.15) is 12.4 Å². The van der Waals surface area contributed by atoms with Gasteiger partial charge in [0.15, 0.2) is 0 Å². The Labute approximate surface area is 174 Å². The number of carbonyl (C=O) groups excluding carboxylic acids is 2. The highest BCUT2D eigenvalue weighted by atomic mass is 35.5. The van der Waals surface area contributed by atoms with Crippen LogP contribution in [-0.2, 0) is 11.4 Å². The van der Waals surface area contributed by atoms with Crippen LogP contribution in [0.5, 0.6) is 5.75 Å². The number of halogens is 1. The van der Waals surface area contributed by atoms with Gasteiger partial charge in [0.2, 0.25) is 5.91 Å². The first kappa shape index (κ1) is 20.4. The van der Waals surface area contributed by atoms with Gasteiger partial charge in [-0.1, -0.05) is 41.9 Å². The Morgan fingerprint density at radius 3 is 2.41 bits per heavy atom. The molecule has 0 atom stereocenters. The zero-order valence-corrected chi connectivity index (χ0v) is 16.9. The molecule has 3 aromatic carbocycles. The van der Waals surface area contributed by atoms with Gasteiger partial charge in [0, 0.05) is 23.3 Å². The molecule has 0 saturated carbocycles. The minimum absolute atomic E-state index is 0.174. The van der Waals surface area contributed by atoms with Crippen LogP contribution < -0.4 is 15.4 Å². The standard InChI is InChI=1S/C23H21ClN2O3/c1-15-7-12-19(25-16(2)27)13-21(15)26-23(28)20-5-3-4-6-22(20)29-14-17-8-10-18(24)11-9-17/h3-13H,14H2,1-2H3,(H,25,27)(H,26,28). The lowest BCUT2D eigenvalue weighted by atomic mass is 10.1. The summed E-state index contributed by atoms with van der Waals surface area (Å²) in [4.78, 5) is 24.2. The molecular weight excluding hydrogens is 388 g/mol. The SMILES string of the molecule is CC(=O)Nc1ccc(C)c(NC(=O)c2ccccc2OCc2ccc(Cl)cc2)c1. The summed E-state index contributed by atoms with van der Waals surface area (Å²) in [5.74, 6) is 0.0162. The maximum atomic E-state index is 12.9. The lowest BCUT2D eigenvalue weighted by Gasteiger charge is -2.14. The number of hydrogen-bond acceptors (Lipinski definition) is 3. The van der Waals surface area contributed by atoms with E-state index < -0.39 is 0 Å². The summed E-state index contributed by atoms with van der Waals surface area (Å²) >= 11 is 5.91. The summed E-state index contributed by atoms with van der Waals surface area (Å²) in [6.45, 7) is 3.64. The van der Waals surface area contributed by atoms with Crippen molar-refractivity contribution in [1.82, 2.24) is 0 Å². The molecule has 0 fully saturated rings. The van der Waals surface area contributed by atoms with E-state index in [0.717, 1.165) is 11.1 Å². The molecule has 2 N–H and O–H groups in total. The van der Waals surface area contributed by atoms with Crippen LogP contribution in [-0.4, -0.2) is 11.8 Å². The van der Waals surface area contributed by atoms with Crippen molar-refractivity contribution in [3.63, 3.8) is 0 Å².